The monoisotopic (exact) mass is 291 g/mol. The van der Waals surface area contributed by atoms with Crippen LogP contribution in [0.1, 0.15) is 36.3 Å². The van der Waals surface area contributed by atoms with Crippen molar-refractivity contribution in [2.24, 2.45) is 5.92 Å². The van der Waals surface area contributed by atoms with Crippen molar-refractivity contribution in [2.45, 2.75) is 43.9 Å². The minimum absolute atomic E-state index is 0.0677. The molecule has 4 atom stereocenters. The first kappa shape index (κ1) is 14.5. The number of carbonyl (C=O) groups is 1. The van der Waals surface area contributed by atoms with Crippen LogP contribution in [0.2, 0.25) is 0 Å². The average molecular weight is 291 g/mol. The number of hydrogen-bond donors (Lipinski definition) is 0. The van der Waals surface area contributed by atoms with E-state index in [2.05, 4.69) is 11.9 Å². The maximum Gasteiger partial charge on any atom is 0.310 e. The third kappa shape index (κ3) is 2.35. The number of carbonyl (C=O) groups excluding carboxylic acids is 1. The van der Waals surface area contributed by atoms with E-state index in [9.17, 15) is 9.18 Å². The number of rotatable bonds is 3. The maximum atomic E-state index is 13.3. The zero-order valence-corrected chi connectivity index (χ0v) is 12.6. The first-order valence-corrected chi connectivity index (χ1v) is 7.61. The lowest BCUT2D eigenvalue weighted by atomic mass is 9.75. The van der Waals surface area contributed by atoms with Crippen molar-refractivity contribution >= 4 is 5.97 Å². The Bertz CT molecular complexity index is 533. The fourth-order valence-electron chi connectivity index (χ4n) is 4.26. The van der Waals surface area contributed by atoms with Crippen molar-refractivity contribution < 1.29 is 13.9 Å². The molecule has 0 N–H and O–H groups in total. The smallest absolute Gasteiger partial charge is 0.310 e. The number of alkyl halides is 1. The molecule has 2 saturated heterocycles. The normalized spacial score (nSPS) is 32.1. The number of esters is 1. The van der Waals surface area contributed by atoms with Gasteiger partial charge in [-0.25, -0.2) is 4.39 Å². The number of halogens is 1. The summed E-state index contributed by atoms with van der Waals surface area (Å²) in [5.74, 6) is -0.282. The molecule has 2 unspecified atom stereocenters. The Kier molecular flexibility index (Phi) is 3.98. The van der Waals surface area contributed by atoms with Crippen LogP contribution in [0.4, 0.5) is 4.39 Å². The zero-order chi connectivity index (χ0) is 15.0. The molecule has 21 heavy (non-hydrogen) atoms. The third-order valence-electron chi connectivity index (χ3n) is 5.34. The van der Waals surface area contributed by atoms with Gasteiger partial charge in [0.05, 0.1) is 13.0 Å². The van der Waals surface area contributed by atoms with Crippen LogP contribution in [0.25, 0.3) is 0 Å². The molecule has 0 spiro atoms. The average Bonchev–Trinajstić information content (AvgIpc) is 2.76. The van der Waals surface area contributed by atoms with Crippen molar-refractivity contribution in [1.29, 1.82) is 0 Å². The van der Waals surface area contributed by atoms with Gasteiger partial charge in [0.15, 0.2) is 0 Å². The minimum Gasteiger partial charge on any atom is -0.469 e. The summed E-state index contributed by atoms with van der Waals surface area (Å²) >= 11 is 0. The topological polar surface area (TPSA) is 29.5 Å². The molecule has 3 rings (SSSR count). The van der Waals surface area contributed by atoms with Gasteiger partial charge in [0.1, 0.15) is 6.67 Å². The second kappa shape index (κ2) is 5.76. The first-order chi connectivity index (χ1) is 10.2. The van der Waals surface area contributed by atoms with Gasteiger partial charge in [-0.3, -0.25) is 9.69 Å². The second-order valence-corrected chi connectivity index (χ2v) is 6.19. The minimum atomic E-state index is -0.480. The Labute approximate surface area is 125 Å². The van der Waals surface area contributed by atoms with Gasteiger partial charge in [-0.2, -0.15) is 0 Å². The van der Waals surface area contributed by atoms with E-state index in [1.54, 1.807) is 0 Å². The summed E-state index contributed by atoms with van der Waals surface area (Å²) in [5, 5.41) is 0. The molecular weight excluding hydrogens is 269 g/mol. The van der Waals surface area contributed by atoms with Crippen molar-refractivity contribution in [2.75, 3.05) is 14.2 Å². The van der Waals surface area contributed by atoms with Gasteiger partial charge in [0.25, 0.3) is 0 Å². The van der Waals surface area contributed by atoms with Gasteiger partial charge in [-0.1, -0.05) is 24.3 Å². The number of nitrogens with zero attached hydrogens (tertiary/aromatic N) is 1. The predicted molar refractivity (Wildman–Crippen MR) is 78.7 cm³/mol. The highest BCUT2D eigenvalue weighted by Crippen LogP contribution is 2.47. The van der Waals surface area contributed by atoms with Crippen molar-refractivity contribution in [3.63, 3.8) is 0 Å². The molecule has 1 aromatic rings. The number of ether oxygens (including phenoxy) is 1. The van der Waals surface area contributed by atoms with E-state index in [1.807, 2.05) is 24.3 Å². The molecule has 0 radical (unpaired) electrons. The maximum absolute atomic E-state index is 13.3. The van der Waals surface area contributed by atoms with Crippen LogP contribution in [0.3, 0.4) is 0 Å². The molecule has 2 bridgehead atoms. The molecule has 0 aliphatic carbocycles. The molecule has 2 aliphatic rings. The number of piperidine rings is 1. The lowest BCUT2D eigenvalue weighted by molar-refractivity contribution is -0.150. The van der Waals surface area contributed by atoms with Crippen LogP contribution in [-0.2, 0) is 16.2 Å². The molecular formula is C17H22FNO2. The van der Waals surface area contributed by atoms with Crippen molar-refractivity contribution in [1.82, 2.24) is 4.90 Å². The Hall–Kier alpha value is -1.42. The van der Waals surface area contributed by atoms with Gasteiger partial charge >= 0.3 is 5.97 Å². The van der Waals surface area contributed by atoms with E-state index in [-0.39, 0.29) is 23.8 Å². The van der Waals surface area contributed by atoms with E-state index in [0.717, 1.165) is 24.8 Å². The van der Waals surface area contributed by atoms with E-state index in [4.69, 9.17) is 4.74 Å². The van der Waals surface area contributed by atoms with Crippen LogP contribution in [0, 0.1) is 5.92 Å². The molecule has 2 fully saturated rings. The Morgan fingerprint density at radius 1 is 1.38 bits per heavy atom. The lowest BCUT2D eigenvalue weighted by Crippen LogP contribution is -2.49. The van der Waals surface area contributed by atoms with Gasteiger partial charge in [-0.15, -0.1) is 0 Å². The summed E-state index contributed by atoms with van der Waals surface area (Å²) in [5.41, 5.74) is 1.70. The second-order valence-electron chi connectivity index (χ2n) is 6.19. The summed E-state index contributed by atoms with van der Waals surface area (Å²) < 4.78 is 18.4. The van der Waals surface area contributed by atoms with Crippen LogP contribution < -0.4 is 0 Å². The number of hydrogen-bond acceptors (Lipinski definition) is 3. The van der Waals surface area contributed by atoms with Crippen molar-refractivity contribution in [3.8, 4) is 0 Å². The molecule has 4 heteroatoms. The van der Waals surface area contributed by atoms with E-state index in [1.165, 1.54) is 7.11 Å². The Morgan fingerprint density at radius 2 is 2.14 bits per heavy atom. The van der Waals surface area contributed by atoms with Gasteiger partial charge in [-0.05, 0) is 37.4 Å². The SMILES string of the molecule is COC(=O)[C@@H]1C2CCC(C[C@@H]1c1ccccc1CF)N2C. The summed E-state index contributed by atoms with van der Waals surface area (Å²) in [7, 11) is 3.54. The third-order valence-corrected chi connectivity index (χ3v) is 5.34. The lowest BCUT2D eigenvalue weighted by Gasteiger charge is -2.42. The molecule has 0 saturated carbocycles. The molecule has 1 aromatic carbocycles. The van der Waals surface area contributed by atoms with Crippen LogP contribution >= 0.6 is 0 Å². The molecule has 2 aliphatic heterocycles. The van der Waals surface area contributed by atoms with Crippen LogP contribution in [0.5, 0.6) is 0 Å². The Morgan fingerprint density at radius 3 is 2.86 bits per heavy atom. The summed E-state index contributed by atoms with van der Waals surface area (Å²) in [6.45, 7) is -0.480. The molecule has 3 nitrogen and oxygen atoms in total. The van der Waals surface area contributed by atoms with Gasteiger partial charge in [0, 0.05) is 18.0 Å². The van der Waals surface area contributed by atoms with Gasteiger partial charge in [0.2, 0.25) is 0 Å². The standard InChI is InChI=1S/C17H22FNO2/c1-19-12-7-8-15(19)16(17(20)21-2)14(9-12)13-6-4-3-5-11(13)10-18/h3-6,12,14-16H,7-10H2,1-2H3/t12?,14-,15?,16+/m1/s1. The fourth-order valence-corrected chi connectivity index (χ4v) is 4.26. The predicted octanol–water partition coefficient (Wildman–Crippen LogP) is 2.90. The van der Waals surface area contributed by atoms with E-state index < -0.39 is 6.67 Å². The van der Waals surface area contributed by atoms with Crippen LogP contribution in [0.15, 0.2) is 24.3 Å². The highest BCUT2D eigenvalue weighted by Gasteiger charge is 2.49. The van der Waals surface area contributed by atoms with E-state index in [0.29, 0.717) is 11.6 Å². The fraction of sp³-hybridized carbons (Fsp3) is 0.588. The summed E-state index contributed by atoms with van der Waals surface area (Å²) in [6, 6.07) is 8.30. The number of benzene rings is 1. The zero-order valence-electron chi connectivity index (χ0n) is 12.6. The van der Waals surface area contributed by atoms with E-state index >= 15 is 0 Å². The molecule has 0 aromatic heterocycles. The number of methoxy groups -OCH3 is 1. The molecule has 114 valence electrons. The first-order valence-electron chi connectivity index (χ1n) is 7.61. The summed E-state index contributed by atoms with van der Waals surface area (Å²) in [6.07, 6.45) is 3.04. The Balaban J connectivity index is 2.01. The van der Waals surface area contributed by atoms with Crippen molar-refractivity contribution in [3.05, 3.63) is 35.4 Å². The quantitative estimate of drug-likeness (QED) is 0.802. The largest absolute Gasteiger partial charge is 0.469 e. The molecule has 2 heterocycles. The highest BCUT2D eigenvalue weighted by atomic mass is 19.1. The number of fused-ring (bicyclic) bond motifs is 2. The highest BCUT2D eigenvalue weighted by molar-refractivity contribution is 5.75. The van der Waals surface area contributed by atoms with Crippen LogP contribution in [-0.4, -0.2) is 37.1 Å². The van der Waals surface area contributed by atoms with Gasteiger partial charge < -0.3 is 4.74 Å². The summed E-state index contributed by atoms with van der Waals surface area (Å²) in [4.78, 5) is 14.7. The molecule has 0 amide bonds.